The molecule has 1 saturated heterocycles. The first-order valence-corrected chi connectivity index (χ1v) is 9.88. The van der Waals surface area contributed by atoms with Crippen LogP contribution in [0.2, 0.25) is 0 Å². The van der Waals surface area contributed by atoms with Gasteiger partial charge in [0, 0.05) is 19.6 Å². The third-order valence-electron chi connectivity index (χ3n) is 5.07. The molecule has 1 fully saturated rings. The number of hydrogen-bond donors (Lipinski definition) is 2. The van der Waals surface area contributed by atoms with E-state index in [0.717, 1.165) is 45.6 Å². The van der Waals surface area contributed by atoms with E-state index in [1.165, 1.54) is 0 Å². The highest BCUT2D eigenvalue weighted by molar-refractivity contribution is 5.71. The van der Waals surface area contributed by atoms with E-state index in [4.69, 9.17) is 5.73 Å². The summed E-state index contributed by atoms with van der Waals surface area (Å²) in [5.41, 5.74) is 5.74. The smallest absolute Gasteiger partial charge is 0.353 e. The van der Waals surface area contributed by atoms with E-state index >= 15 is 0 Å². The molecule has 0 saturated carbocycles. The maximum absolute atomic E-state index is 11.6. The molecule has 0 spiro atoms. The average molecular weight is 380 g/mol. The fraction of sp³-hybridized carbons (Fsp3) is 0.778. The van der Waals surface area contributed by atoms with Crippen LogP contribution >= 0.6 is 0 Å². The van der Waals surface area contributed by atoms with Crippen molar-refractivity contribution >= 4 is 23.3 Å². The summed E-state index contributed by atoms with van der Waals surface area (Å²) in [5, 5.41) is 14.7. The number of anilines is 3. The quantitative estimate of drug-likeness (QED) is 0.382. The summed E-state index contributed by atoms with van der Waals surface area (Å²) >= 11 is 0. The molecule has 0 bridgehead atoms. The minimum Gasteiger partial charge on any atom is -0.378 e. The Balaban J connectivity index is 2.15. The minimum absolute atomic E-state index is 0.0814. The second-order valence-electron chi connectivity index (χ2n) is 7.52. The van der Waals surface area contributed by atoms with E-state index < -0.39 is 4.92 Å². The van der Waals surface area contributed by atoms with Crippen LogP contribution in [0.4, 0.5) is 23.3 Å². The first-order chi connectivity index (χ1) is 12.8. The zero-order valence-electron chi connectivity index (χ0n) is 16.9. The summed E-state index contributed by atoms with van der Waals surface area (Å²) in [6.45, 7) is 13.8. The zero-order chi connectivity index (χ0) is 20.0. The largest absolute Gasteiger partial charge is 0.378 e. The summed E-state index contributed by atoms with van der Waals surface area (Å²) in [5.74, 6) is 1.52. The molecule has 2 rings (SSSR count). The number of nitro groups is 1. The second-order valence-corrected chi connectivity index (χ2v) is 7.52. The van der Waals surface area contributed by atoms with Crippen molar-refractivity contribution in [1.82, 2.24) is 14.9 Å². The maximum Gasteiger partial charge on any atom is 0.353 e. The first kappa shape index (κ1) is 21.1. The van der Waals surface area contributed by atoms with Gasteiger partial charge in [0.25, 0.3) is 0 Å². The Bertz CT molecular complexity index is 626. The van der Waals surface area contributed by atoms with Crippen LogP contribution in [0.5, 0.6) is 0 Å². The average Bonchev–Trinajstić information content (AvgIpc) is 2.60. The molecular weight excluding hydrogens is 346 g/mol. The van der Waals surface area contributed by atoms with Crippen molar-refractivity contribution < 1.29 is 4.92 Å². The molecule has 2 atom stereocenters. The van der Waals surface area contributed by atoms with Crippen molar-refractivity contribution in [3.63, 3.8) is 0 Å². The highest BCUT2D eigenvalue weighted by Crippen LogP contribution is 2.35. The molecule has 1 aromatic heterocycles. The number of rotatable bonds is 9. The molecule has 3 N–H and O–H groups in total. The highest BCUT2D eigenvalue weighted by Gasteiger charge is 2.31. The summed E-state index contributed by atoms with van der Waals surface area (Å²) < 4.78 is 0. The van der Waals surface area contributed by atoms with Crippen molar-refractivity contribution in [1.29, 1.82) is 0 Å². The molecule has 0 radical (unpaired) electrons. The summed E-state index contributed by atoms with van der Waals surface area (Å²) in [4.78, 5) is 24.0. The number of hydrogen-bond acceptors (Lipinski definition) is 8. The SMILES string of the molecule is CCN(CC)CCCNc1nc(N)c([N+](=O)[O-])c(N2CC(C)CC(C)C2)n1. The molecule has 0 aromatic carbocycles. The molecule has 9 heteroatoms. The predicted octanol–water partition coefficient (Wildman–Crippen LogP) is 2.59. The van der Waals surface area contributed by atoms with Gasteiger partial charge in [-0.25, -0.2) is 0 Å². The van der Waals surface area contributed by atoms with Gasteiger partial charge < -0.3 is 20.9 Å². The molecule has 0 amide bonds. The Morgan fingerprint density at radius 1 is 1.26 bits per heavy atom. The first-order valence-electron chi connectivity index (χ1n) is 9.88. The van der Waals surface area contributed by atoms with Crippen molar-refractivity contribution in [3.8, 4) is 0 Å². The summed E-state index contributed by atoms with van der Waals surface area (Å²) in [6, 6.07) is 0. The minimum atomic E-state index is -0.473. The van der Waals surface area contributed by atoms with Gasteiger partial charge in [0.05, 0.1) is 4.92 Å². The Kier molecular flexibility index (Phi) is 7.58. The highest BCUT2D eigenvalue weighted by atomic mass is 16.6. The van der Waals surface area contributed by atoms with Crippen LogP contribution in [-0.4, -0.2) is 59.1 Å². The predicted molar refractivity (Wildman–Crippen MR) is 109 cm³/mol. The molecule has 1 aromatic rings. The molecule has 1 aliphatic rings. The van der Waals surface area contributed by atoms with E-state index in [1.807, 2.05) is 4.90 Å². The fourth-order valence-corrected chi connectivity index (χ4v) is 3.81. The monoisotopic (exact) mass is 379 g/mol. The molecular formula is C18H33N7O2. The Morgan fingerprint density at radius 3 is 2.44 bits per heavy atom. The summed E-state index contributed by atoms with van der Waals surface area (Å²) in [6.07, 6.45) is 2.05. The molecule has 1 aliphatic heterocycles. The third-order valence-corrected chi connectivity index (χ3v) is 5.07. The lowest BCUT2D eigenvalue weighted by molar-refractivity contribution is -0.383. The van der Waals surface area contributed by atoms with Crippen LogP contribution in [-0.2, 0) is 0 Å². The second kappa shape index (κ2) is 9.68. The van der Waals surface area contributed by atoms with Gasteiger partial charge in [-0.15, -0.1) is 0 Å². The molecule has 152 valence electrons. The normalized spacial score (nSPS) is 20.1. The maximum atomic E-state index is 11.6. The zero-order valence-corrected chi connectivity index (χ0v) is 16.9. The Hall–Kier alpha value is -2.16. The molecule has 0 aliphatic carbocycles. The van der Waals surface area contributed by atoms with Gasteiger partial charge in [0.2, 0.25) is 17.6 Å². The number of aromatic nitrogens is 2. The van der Waals surface area contributed by atoms with Crippen LogP contribution in [0.3, 0.4) is 0 Å². The number of nitrogens with one attached hydrogen (secondary N) is 1. The standard InChI is InChI=1S/C18H33N7O2/c1-5-23(6-2)9-7-8-20-18-21-16(19)15(25(26)27)17(22-18)24-11-13(3)10-14(4)12-24/h13-14H,5-12H2,1-4H3,(H3,19,20,21,22). The van der Waals surface area contributed by atoms with Crippen LogP contribution in [0.15, 0.2) is 0 Å². The molecule has 2 unspecified atom stereocenters. The van der Waals surface area contributed by atoms with Gasteiger partial charge >= 0.3 is 5.69 Å². The van der Waals surface area contributed by atoms with Crippen LogP contribution < -0.4 is 16.0 Å². The number of piperidine rings is 1. The van der Waals surface area contributed by atoms with Gasteiger partial charge in [-0.3, -0.25) is 10.1 Å². The lowest BCUT2D eigenvalue weighted by Crippen LogP contribution is -2.39. The molecule has 2 heterocycles. The van der Waals surface area contributed by atoms with E-state index in [0.29, 0.717) is 30.1 Å². The third kappa shape index (κ3) is 5.66. The van der Waals surface area contributed by atoms with Crippen molar-refractivity contribution in [2.75, 3.05) is 55.2 Å². The van der Waals surface area contributed by atoms with Crippen molar-refractivity contribution in [2.24, 2.45) is 11.8 Å². The van der Waals surface area contributed by atoms with Gasteiger partial charge in [0.15, 0.2) is 0 Å². The van der Waals surface area contributed by atoms with Gasteiger partial charge in [-0.1, -0.05) is 27.7 Å². The fourth-order valence-electron chi connectivity index (χ4n) is 3.81. The lowest BCUT2D eigenvalue weighted by atomic mass is 9.92. The van der Waals surface area contributed by atoms with E-state index in [-0.39, 0.29) is 11.5 Å². The lowest BCUT2D eigenvalue weighted by Gasteiger charge is -2.35. The van der Waals surface area contributed by atoms with Gasteiger partial charge in [-0.05, 0) is 44.3 Å². The topological polar surface area (TPSA) is 113 Å². The molecule has 27 heavy (non-hydrogen) atoms. The number of nitrogens with zero attached hydrogens (tertiary/aromatic N) is 5. The van der Waals surface area contributed by atoms with Crippen molar-refractivity contribution in [2.45, 2.75) is 40.5 Å². The summed E-state index contributed by atoms with van der Waals surface area (Å²) in [7, 11) is 0. The van der Waals surface area contributed by atoms with Gasteiger partial charge in [-0.2, -0.15) is 9.97 Å². The molecule has 9 nitrogen and oxygen atoms in total. The van der Waals surface area contributed by atoms with E-state index in [2.05, 4.69) is 47.9 Å². The van der Waals surface area contributed by atoms with Crippen LogP contribution in [0.25, 0.3) is 0 Å². The van der Waals surface area contributed by atoms with Crippen LogP contribution in [0.1, 0.15) is 40.5 Å². The Morgan fingerprint density at radius 2 is 1.89 bits per heavy atom. The van der Waals surface area contributed by atoms with E-state index in [9.17, 15) is 10.1 Å². The van der Waals surface area contributed by atoms with Gasteiger partial charge in [0.1, 0.15) is 0 Å². The van der Waals surface area contributed by atoms with E-state index in [1.54, 1.807) is 0 Å². The van der Waals surface area contributed by atoms with Crippen LogP contribution in [0, 0.1) is 22.0 Å². The van der Waals surface area contributed by atoms with Crippen molar-refractivity contribution in [3.05, 3.63) is 10.1 Å². The Labute approximate surface area is 161 Å². The number of nitrogens with two attached hydrogens (primary N) is 1. The number of nitrogen functional groups attached to an aromatic ring is 1.